The van der Waals surface area contributed by atoms with E-state index in [0.29, 0.717) is 11.6 Å². The summed E-state index contributed by atoms with van der Waals surface area (Å²) in [6, 6.07) is 15.8. The van der Waals surface area contributed by atoms with Crippen LogP contribution < -0.4 is 10.1 Å². The van der Waals surface area contributed by atoms with Crippen molar-refractivity contribution in [3.8, 4) is 5.75 Å². The highest BCUT2D eigenvalue weighted by atomic mass is 35.5. The summed E-state index contributed by atoms with van der Waals surface area (Å²) >= 11 is 5.91. The van der Waals surface area contributed by atoms with Gasteiger partial charge >= 0.3 is 0 Å². The molecular formula is C18H23Cl2NO2. The Morgan fingerprint density at radius 2 is 1.87 bits per heavy atom. The molecule has 2 unspecified atom stereocenters. The van der Waals surface area contributed by atoms with Crippen LogP contribution in [0.4, 0.5) is 0 Å². The zero-order chi connectivity index (χ0) is 15.9. The Morgan fingerprint density at radius 1 is 1.17 bits per heavy atom. The van der Waals surface area contributed by atoms with Crippen LogP contribution >= 0.6 is 24.0 Å². The van der Waals surface area contributed by atoms with Crippen LogP contribution in [0.3, 0.4) is 0 Å². The lowest BCUT2D eigenvalue weighted by molar-refractivity contribution is 0.104. The van der Waals surface area contributed by atoms with Crippen molar-refractivity contribution in [3.05, 3.63) is 64.7 Å². The van der Waals surface area contributed by atoms with E-state index in [1.54, 1.807) is 6.07 Å². The van der Waals surface area contributed by atoms with E-state index in [9.17, 15) is 5.11 Å². The van der Waals surface area contributed by atoms with Gasteiger partial charge in [-0.05, 0) is 43.2 Å². The number of aliphatic hydroxyl groups excluding tert-OH is 1. The fourth-order valence-electron chi connectivity index (χ4n) is 2.19. The van der Waals surface area contributed by atoms with E-state index in [4.69, 9.17) is 16.3 Å². The van der Waals surface area contributed by atoms with Crippen LogP contribution in [0.2, 0.25) is 5.02 Å². The molecule has 0 aliphatic rings. The van der Waals surface area contributed by atoms with E-state index in [-0.39, 0.29) is 25.1 Å². The first-order valence-electron chi connectivity index (χ1n) is 7.41. The molecule has 0 radical (unpaired) electrons. The summed E-state index contributed by atoms with van der Waals surface area (Å²) in [5, 5.41) is 14.0. The van der Waals surface area contributed by atoms with Crippen molar-refractivity contribution in [2.75, 3.05) is 13.2 Å². The summed E-state index contributed by atoms with van der Waals surface area (Å²) < 4.78 is 5.64. The molecule has 126 valence electrons. The van der Waals surface area contributed by atoms with Crippen molar-refractivity contribution in [3.63, 3.8) is 0 Å². The van der Waals surface area contributed by atoms with Crippen LogP contribution in [-0.2, 0) is 0 Å². The molecule has 2 N–H and O–H groups in total. The lowest BCUT2D eigenvalue weighted by atomic mass is 10.1. The second-order valence-corrected chi connectivity index (χ2v) is 5.85. The molecule has 0 aliphatic heterocycles. The summed E-state index contributed by atoms with van der Waals surface area (Å²) in [4.78, 5) is 0. The average Bonchev–Trinajstić information content (AvgIpc) is 2.52. The first-order chi connectivity index (χ1) is 10.6. The minimum Gasteiger partial charge on any atom is -0.491 e. The molecule has 0 saturated carbocycles. The van der Waals surface area contributed by atoms with Crippen molar-refractivity contribution < 1.29 is 9.84 Å². The largest absolute Gasteiger partial charge is 0.491 e. The maximum Gasteiger partial charge on any atom is 0.122 e. The van der Waals surface area contributed by atoms with Crippen LogP contribution in [0.1, 0.15) is 24.1 Å². The van der Waals surface area contributed by atoms with Gasteiger partial charge in [0.25, 0.3) is 0 Å². The minimum atomic E-state index is -0.568. The monoisotopic (exact) mass is 355 g/mol. The Hall–Kier alpha value is -1.26. The number of ether oxygens (including phenoxy) is 1. The number of nitrogens with one attached hydrogen (secondary N) is 1. The van der Waals surface area contributed by atoms with Gasteiger partial charge in [-0.15, -0.1) is 12.4 Å². The maximum absolute atomic E-state index is 10.0. The van der Waals surface area contributed by atoms with Crippen molar-refractivity contribution in [1.82, 2.24) is 5.32 Å². The van der Waals surface area contributed by atoms with E-state index in [2.05, 4.69) is 24.4 Å². The summed E-state index contributed by atoms with van der Waals surface area (Å²) in [6.45, 7) is 4.73. The standard InChI is InChI=1S/C18H22ClNO2.ClH/c1-13-10-16(19)8-9-18(13)22-12-17(21)11-20-14(2)15-6-4-3-5-7-15;/h3-10,14,17,20-21H,11-12H2,1-2H3;1H. The zero-order valence-corrected chi connectivity index (χ0v) is 14.9. The molecule has 0 spiro atoms. The number of benzene rings is 2. The quantitative estimate of drug-likeness (QED) is 0.783. The smallest absolute Gasteiger partial charge is 0.122 e. The molecule has 2 atom stereocenters. The molecule has 5 heteroatoms. The molecule has 0 aliphatic carbocycles. The Bertz CT molecular complexity index is 593. The molecule has 2 rings (SSSR count). The van der Waals surface area contributed by atoms with Crippen molar-refractivity contribution >= 4 is 24.0 Å². The Kier molecular flexibility index (Phi) is 8.42. The molecule has 0 fully saturated rings. The van der Waals surface area contributed by atoms with Gasteiger partial charge in [-0.3, -0.25) is 0 Å². The molecule has 3 nitrogen and oxygen atoms in total. The zero-order valence-electron chi connectivity index (χ0n) is 13.3. The number of aliphatic hydroxyl groups is 1. The molecule has 0 amide bonds. The van der Waals surface area contributed by atoms with E-state index < -0.39 is 6.10 Å². The van der Waals surface area contributed by atoms with Crippen molar-refractivity contribution in [2.24, 2.45) is 0 Å². The lowest BCUT2D eigenvalue weighted by Gasteiger charge is -2.18. The van der Waals surface area contributed by atoms with Crippen LogP contribution in [0, 0.1) is 6.92 Å². The van der Waals surface area contributed by atoms with Gasteiger partial charge in [0.15, 0.2) is 0 Å². The number of rotatable bonds is 7. The number of halogens is 2. The number of hydrogen-bond acceptors (Lipinski definition) is 3. The average molecular weight is 356 g/mol. The molecule has 0 saturated heterocycles. The number of aryl methyl sites for hydroxylation is 1. The highest BCUT2D eigenvalue weighted by molar-refractivity contribution is 6.30. The van der Waals surface area contributed by atoms with Crippen LogP contribution in [0.5, 0.6) is 5.75 Å². The highest BCUT2D eigenvalue weighted by Gasteiger charge is 2.10. The van der Waals surface area contributed by atoms with E-state index in [0.717, 1.165) is 11.3 Å². The second kappa shape index (κ2) is 9.78. The fraction of sp³-hybridized carbons (Fsp3) is 0.333. The van der Waals surface area contributed by atoms with Crippen LogP contribution in [0.15, 0.2) is 48.5 Å². The van der Waals surface area contributed by atoms with Gasteiger partial charge in [0.05, 0.1) is 0 Å². The van der Waals surface area contributed by atoms with Crippen molar-refractivity contribution in [2.45, 2.75) is 26.0 Å². The second-order valence-electron chi connectivity index (χ2n) is 5.42. The van der Waals surface area contributed by atoms with Gasteiger partial charge in [0.2, 0.25) is 0 Å². The van der Waals surface area contributed by atoms with Gasteiger partial charge in [-0.25, -0.2) is 0 Å². The van der Waals surface area contributed by atoms with Gasteiger partial charge in [0, 0.05) is 17.6 Å². The minimum absolute atomic E-state index is 0. The van der Waals surface area contributed by atoms with Crippen molar-refractivity contribution in [1.29, 1.82) is 0 Å². The molecular weight excluding hydrogens is 333 g/mol. The highest BCUT2D eigenvalue weighted by Crippen LogP contribution is 2.21. The third kappa shape index (κ3) is 6.40. The molecule has 2 aromatic carbocycles. The summed E-state index contributed by atoms with van der Waals surface area (Å²) in [6.07, 6.45) is -0.568. The predicted octanol–water partition coefficient (Wildman–Crippen LogP) is 4.16. The predicted molar refractivity (Wildman–Crippen MR) is 97.8 cm³/mol. The fourth-order valence-corrected chi connectivity index (χ4v) is 2.42. The summed E-state index contributed by atoms with van der Waals surface area (Å²) in [7, 11) is 0. The third-order valence-electron chi connectivity index (χ3n) is 3.53. The van der Waals surface area contributed by atoms with Gasteiger partial charge < -0.3 is 15.2 Å². The molecule has 0 aromatic heterocycles. The topological polar surface area (TPSA) is 41.5 Å². The normalized spacial score (nSPS) is 13.0. The molecule has 23 heavy (non-hydrogen) atoms. The maximum atomic E-state index is 10.0. The third-order valence-corrected chi connectivity index (χ3v) is 3.76. The van der Waals surface area contributed by atoms with Crippen LogP contribution in [0.25, 0.3) is 0 Å². The van der Waals surface area contributed by atoms with E-state index >= 15 is 0 Å². The molecule has 0 heterocycles. The Balaban J connectivity index is 0.00000264. The summed E-state index contributed by atoms with van der Waals surface area (Å²) in [5.74, 6) is 0.750. The SMILES string of the molecule is Cc1cc(Cl)ccc1OCC(O)CNC(C)c1ccccc1.Cl. The first kappa shape index (κ1) is 19.8. The first-order valence-corrected chi connectivity index (χ1v) is 7.79. The van der Waals surface area contributed by atoms with E-state index in [1.807, 2.05) is 37.3 Å². The number of hydrogen-bond donors (Lipinski definition) is 2. The molecule has 0 bridgehead atoms. The van der Waals surface area contributed by atoms with E-state index in [1.165, 1.54) is 5.56 Å². The molecule has 2 aromatic rings. The van der Waals surface area contributed by atoms with Gasteiger partial charge in [0.1, 0.15) is 18.5 Å². The van der Waals surface area contributed by atoms with Crippen LogP contribution in [-0.4, -0.2) is 24.4 Å². The summed E-state index contributed by atoms with van der Waals surface area (Å²) in [5.41, 5.74) is 2.16. The van der Waals surface area contributed by atoms with Gasteiger partial charge in [-0.1, -0.05) is 41.9 Å². The Morgan fingerprint density at radius 3 is 2.52 bits per heavy atom. The lowest BCUT2D eigenvalue weighted by Crippen LogP contribution is -2.33. The van der Waals surface area contributed by atoms with Gasteiger partial charge in [-0.2, -0.15) is 0 Å². The Labute approximate surface area is 149 Å².